The van der Waals surface area contributed by atoms with Gasteiger partial charge in [-0.1, -0.05) is 0 Å². The standard InChI is InChI=1S/C11H22N2O2/c1-11(2,3)10(14)15-9-8(4-6-12)5-7-13-9/h8-9,13H,4-7,12H2,1-3H3. The maximum atomic E-state index is 11.7. The van der Waals surface area contributed by atoms with Crippen LogP contribution in [0.1, 0.15) is 33.6 Å². The fourth-order valence-electron chi connectivity index (χ4n) is 1.67. The van der Waals surface area contributed by atoms with E-state index in [-0.39, 0.29) is 12.2 Å². The van der Waals surface area contributed by atoms with Crippen LogP contribution in [0.25, 0.3) is 0 Å². The second kappa shape index (κ2) is 4.94. The molecule has 0 bridgehead atoms. The van der Waals surface area contributed by atoms with Crippen molar-refractivity contribution in [2.24, 2.45) is 17.1 Å². The van der Waals surface area contributed by atoms with E-state index in [0.717, 1.165) is 19.4 Å². The molecule has 0 amide bonds. The van der Waals surface area contributed by atoms with Gasteiger partial charge in [-0.3, -0.25) is 10.1 Å². The van der Waals surface area contributed by atoms with Gasteiger partial charge in [0.25, 0.3) is 0 Å². The van der Waals surface area contributed by atoms with Gasteiger partial charge >= 0.3 is 5.97 Å². The summed E-state index contributed by atoms with van der Waals surface area (Å²) >= 11 is 0. The lowest BCUT2D eigenvalue weighted by Crippen LogP contribution is -2.37. The Labute approximate surface area is 91.5 Å². The second-order valence-electron chi connectivity index (χ2n) is 5.16. The molecule has 4 heteroatoms. The first kappa shape index (κ1) is 12.5. The minimum Gasteiger partial charge on any atom is -0.446 e. The summed E-state index contributed by atoms with van der Waals surface area (Å²) in [4.78, 5) is 11.7. The highest BCUT2D eigenvalue weighted by Gasteiger charge is 2.32. The predicted octanol–water partition coefficient (Wildman–Crippen LogP) is 0.860. The molecule has 0 radical (unpaired) electrons. The van der Waals surface area contributed by atoms with E-state index in [1.165, 1.54) is 0 Å². The number of hydrogen-bond acceptors (Lipinski definition) is 4. The molecule has 15 heavy (non-hydrogen) atoms. The van der Waals surface area contributed by atoms with Crippen LogP contribution < -0.4 is 11.1 Å². The van der Waals surface area contributed by atoms with Gasteiger partial charge in [0, 0.05) is 5.92 Å². The molecule has 0 spiro atoms. The third-order valence-electron chi connectivity index (χ3n) is 2.67. The van der Waals surface area contributed by atoms with Gasteiger partial charge in [0.1, 0.15) is 0 Å². The normalized spacial score (nSPS) is 26.7. The SMILES string of the molecule is CC(C)(C)C(=O)OC1NCCC1CCN. The number of hydrogen-bond donors (Lipinski definition) is 2. The summed E-state index contributed by atoms with van der Waals surface area (Å²) in [6.45, 7) is 7.15. The maximum Gasteiger partial charge on any atom is 0.312 e. The van der Waals surface area contributed by atoms with Crippen molar-refractivity contribution < 1.29 is 9.53 Å². The van der Waals surface area contributed by atoms with Crippen LogP contribution in [0.5, 0.6) is 0 Å². The third-order valence-corrected chi connectivity index (χ3v) is 2.67. The van der Waals surface area contributed by atoms with E-state index in [1.54, 1.807) is 0 Å². The largest absolute Gasteiger partial charge is 0.446 e. The van der Waals surface area contributed by atoms with Crippen molar-refractivity contribution in [2.75, 3.05) is 13.1 Å². The van der Waals surface area contributed by atoms with Crippen molar-refractivity contribution in [3.8, 4) is 0 Å². The maximum absolute atomic E-state index is 11.7. The highest BCUT2D eigenvalue weighted by molar-refractivity contribution is 5.75. The average Bonchev–Trinajstić information content (AvgIpc) is 2.52. The van der Waals surface area contributed by atoms with Crippen LogP contribution in [-0.2, 0) is 9.53 Å². The second-order valence-corrected chi connectivity index (χ2v) is 5.16. The summed E-state index contributed by atoms with van der Waals surface area (Å²) in [6.07, 6.45) is 1.81. The molecule has 1 heterocycles. The number of carbonyl (C=O) groups is 1. The third kappa shape index (κ3) is 3.47. The molecule has 0 aromatic rings. The molecular weight excluding hydrogens is 192 g/mol. The Morgan fingerprint density at radius 1 is 1.53 bits per heavy atom. The predicted molar refractivity (Wildman–Crippen MR) is 59.1 cm³/mol. The van der Waals surface area contributed by atoms with Gasteiger partial charge in [0.05, 0.1) is 5.41 Å². The average molecular weight is 214 g/mol. The molecule has 2 atom stereocenters. The van der Waals surface area contributed by atoms with E-state index in [2.05, 4.69) is 5.32 Å². The number of nitrogens with one attached hydrogen (secondary N) is 1. The molecule has 2 unspecified atom stereocenters. The van der Waals surface area contributed by atoms with Crippen molar-refractivity contribution in [2.45, 2.75) is 39.8 Å². The minimum atomic E-state index is -0.433. The smallest absolute Gasteiger partial charge is 0.312 e. The highest BCUT2D eigenvalue weighted by atomic mass is 16.6. The Morgan fingerprint density at radius 2 is 2.20 bits per heavy atom. The van der Waals surface area contributed by atoms with Crippen LogP contribution in [0.15, 0.2) is 0 Å². The van der Waals surface area contributed by atoms with Crippen LogP contribution in [-0.4, -0.2) is 25.3 Å². The molecule has 0 saturated carbocycles. The first-order valence-corrected chi connectivity index (χ1v) is 5.59. The molecule has 88 valence electrons. The van der Waals surface area contributed by atoms with Gasteiger partial charge in [-0.05, 0) is 46.7 Å². The first-order valence-electron chi connectivity index (χ1n) is 5.59. The Hall–Kier alpha value is -0.610. The lowest BCUT2D eigenvalue weighted by molar-refractivity contribution is -0.161. The molecule has 1 fully saturated rings. The van der Waals surface area contributed by atoms with Crippen LogP contribution in [0, 0.1) is 11.3 Å². The molecule has 1 aliphatic heterocycles. The Balaban J connectivity index is 2.47. The van der Waals surface area contributed by atoms with Crippen LogP contribution in [0.4, 0.5) is 0 Å². The summed E-state index contributed by atoms with van der Waals surface area (Å²) in [5.41, 5.74) is 5.09. The zero-order valence-electron chi connectivity index (χ0n) is 9.88. The van der Waals surface area contributed by atoms with Crippen molar-refractivity contribution in [3.05, 3.63) is 0 Å². The highest BCUT2D eigenvalue weighted by Crippen LogP contribution is 2.23. The van der Waals surface area contributed by atoms with Crippen molar-refractivity contribution in [1.82, 2.24) is 5.32 Å². The van der Waals surface area contributed by atoms with E-state index >= 15 is 0 Å². The fraction of sp³-hybridized carbons (Fsp3) is 0.909. The lowest BCUT2D eigenvalue weighted by atomic mass is 9.97. The summed E-state index contributed by atoms with van der Waals surface area (Å²) in [5.74, 6) is 0.227. The van der Waals surface area contributed by atoms with Gasteiger partial charge in [-0.2, -0.15) is 0 Å². The number of nitrogens with two attached hydrogens (primary N) is 1. The summed E-state index contributed by atoms with van der Waals surface area (Å²) in [7, 11) is 0. The fourth-order valence-corrected chi connectivity index (χ4v) is 1.67. The van der Waals surface area contributed by atoms with Gasteiger partial charge < -0.3 is 10.5 Å². The quantitative estimate of drug-likeness (QED) is 0.684. The van der Waals surface area contributed by atoms with Crippen LogP contribution >= 0.6 is 0 Å². The van der Waals surface area contributed by atoms with Gasteiger partial charge in [-0.25, -0.2) is 0 Å². The Kier molecular flexibility index (Phi) is 4.11. The van der Waals surface area contributed by atoms with Gasteiger partial charge in [0.2, 0.25) is 0 Å². The van der Waals surface area contributed by atoms with E-state index in [0.29, 0.717) is 12.5 Å². The lowest BCUT2D eigenvalue weighted by Gasteiger charge is -2.24. The summed E-state index contributed by atoms with van der Waals surface area (Å²) in [6, 6.07) is 0. The summed E-state index contributed by atoms with van der Waals surface area (Å²) in [5, 5.41) is 3.20. The number of esters is 1. The monoisotopic (exact) mass is 214 g/mol. The van der Waals surface area contributed by atoms with Crippen molar-refractivity contribution in [1.29, 1.82) is 0 Å². The topological polar surface area (TPSA) is 64.3 Å². The van der Waals surface area contributed by atoms with Gasteiger partial charge in [-0.15, -0.1) is 0 Å². The zero-order chi connectivity index (χ0) is 11.5. The molecule has 4 nitrogen and oxygen atoms in total. The number of ether oxygens (including phenoxy) is 1. The van der Waals surface area contributed by atoms with Crippen molar-refractivity contribution >= 4 is 5.97 Å². The van der Waals surface area contributed by atoms with E-state index in [4.69, 9.17) is 10.5 Å². The number of rotatable bonds is 3. The van der Waals surface area contributed by atoms with Crippen LogP contribution in [0.3, 0.4) is 0 Å². The van der Waals surface area contributed by atoms with E-state index < -0.39 is 5.41 Å². The zero-order valence-corrected chi connectivity index (χ0v) is 9.88. The van der Waals surface area contributed by atoms with E-state index in [1.807, 2.05) is 20.8 Å². The molecule has 1 rings (SSSR count). The minimum absolute atomic E-state index is 0.139. The molecule has 0 aromatic carbocycles. The number of carbonyl (C=O) groups excluding carboxylic acids is 1. The van der Waals surface area contributed by atoms with E-state index in [9.17, 15) is 4.79 Å². The van der Waals surface area contributed by atoms with Gasteiger partial charge in [0.15, 0.2) is 6.23 Å². The summed E-state index contributed by atoms with van der Waals surface area (Å²) < 4.78 is 5.44. The molecular formula is C11H22N2O2. The Bertz CT molecular complexity index is 223. The van der Waals surface area contributed by atoms with Crippen molar-refractivity contribution in [3.63, 3.8) is 0 Å². The molecule has 0 aromatic heterocycles. The molecule has 3 N–H and O–H groups in total. The first-order chi connectivity index (χ1) is 6.95. The molecule has 1 aliphatic rings. The molecule has 0 aliphatic carbocycles. The van der Waals surface area contributed by atoms with Crippen LogP contribution in [0.2, 0.25) is 0 Å². The Morgan fingerprint density at radius 3 is 2.73 bits per heavy atom. The molecule has 1 saturated heterocycles.